The SMILES string of the molecule is CC1CCCCC1NC(=O)COC(=O)c1cc(S(=O)(=O)N2CCCC2)c[nH]1. The van der Waals surface area contributed by atoms with Crippen LogP contribution in [-0.4, -0.2) is 55.3 Å². The Balaban J connectivity index is 1.52. The Morgan fingerprint density at radius 2 is 1.93 bits per heavy atom. The first kappa shape index (κ1) is 19.9. The number of carbonyl (C=O) groups excluding carboxylic acids is 2. The summed E-state index contributed by atoms with van der Waals surface area (Å²) >= 11 is 0. The van der Waals surface area contributed by atoms with E-state index in [2.05, 4.69) is 17.2 Å². The summed E-state index contributed by atoms with van der Waals surface area (Å²) in [5.41, 5.74) is 0.0200. The van der Waals surface area contributed by atoms with Gasteiger partial charge in [0.05, 0.1) is 0 Å². The second-order valence-corrected chi connectivity index (χ2v) is 9.31. The van der Waals surface area contributed by atoms with Gasteiger partial charge in [-0.2, -0.15) is 4.31 Å². The highest BCUT2D eigenvalue weighted by Gasteiger charge is 2.29. The number of aromatic nitrogens is 1. The normalized spacial score (nSPS) is 23.9. The molecule has 9 heteroatoms. The molecule has 150 valence electrons. The predicted molar refractivity (Wildman–Crippen MR) is 98.6 cm³/mol. The molecule has 1 aromatic rings. The van der Waals surface area contributed by atoms with Crippen molar-refractivity contribution in [2.24, 2.45) is 5.92 Å². The van der Waals surface area contributed by atoms with Gasteiger partial charge in [0.15, 0.2) is 6.61 Å². The third-order valence-electron chi connectivity index (χ3n) is 5.37. The Morgan fingerprint density at radius 1 is 1.22 bits per heavy atom. The highest BCUT2D eigenvalue weighted by molar-refractivity contribution is 7.89. The molecular formula is C18H27N3O5S. The summed E-state index contributed by atoms with van der Waals surface area (Å²) in [7, 11) is -3.59. The highest BCUT2D eigenvalue weighted by atomic mass is 32.2. The molecule has 3 rings (SSSR count). The lowest BCUT2D eigenvalue weighted by Crippen LogP contribution is -2.42. The molecule has 1 aromatic heterocycles. The number of esters is 1. The fourth-order valence-electron chi connectivity index (χ4n) is 3.71. The monoisotopic (exact) mass is 397 g/mol. The molecular weight excluding hydrogens is 370 g/mol. The zero-order valence-electron chi connectivity index (χ0n) is 15.6. The minimum absolute atomic E-state index is 0.0200. The molecule has 27 heavy (non-hydrogen) atoms. The van der Waals surface area contributed by atoms with Crippen molar-refractivity contribution < 1.29 is 22.7 Å². The van der Waals surface area contributed by atoms with Crippen LogP contribution >= 0.6 is 0 Å². The van der Waals surface area contributed by atoms with Crippen LogP contribution in [0.3, 0.4) is 0 Å². The quantitative estimate of drug-likeness (QED) is 0.710. The van der Waals surface area contributed by atoms with E-state index in [4.69, 9.17) is 4.74 Å². The molecule has 2 heterocycles. The molecule has 1 aliphatic carbocycles. The smallest absolute Gasteiger partial charge is 0.355 e. The average Bonchev–Trinajstić information content (AvgIpc) is 3.34. The van der Waals surface area contributed by atoms with E-state index in [-0.39, 0.29) is 29.1 Å². The van der Waals surface area contributed by atoms with Gasteiger partial charge in [0.1, 0.15) is 10.6 Å². The second-order valence-electron chi connectivity index (χ2n) is 7.37. The first-order valence-corrected chi connectivity index (χ1v) is 11.0. The largest absolute Gasteiger partial charge is 0.451 e. The maximum Gasteiger partial charge on any atom is 0.355 e. The summed E-state index contributed by atoms with van der Waals surface area (Å²) in [5, 5.41) is 2.91. The highest BCUT2D eigenvalue weighted by Crippen LogP contribution is 2.24. The van der Waals surface area contributed by atoms with E-state index in [1.54, 1.807) is 0 Å². The van der Waals surface area contributed by atoms with Crippen molar-refractivity contribution in [1.29, 1.82) is 0 Å². The van der Waals surface area contributed by atoms with Crippen molar-refractivity contribution in [3.05, 3.63) is 18.0 Å². The number of sulfonamides is 1. The number of H-pyrrole nitrogens is 1. The summed E-state index contributed by atoms with van der Waals surface area (Å²) in [4.78, 5) is 26.8. The average molecular weight is 397 g/mol. The van der Waals surface area contributed by atoms with E-state index < -0.39 is 16.0 Å². The number of ether oxygens (including phenoxy) is 1. The fraction of sp³-hybridized carbons (Fsp3) is 0.667. The number of nitrogens with one attached hydrogen (secondary N) is 2. The molecule has 0 spiro atoms. The Bertz CT molecular complexity index is 783. The van der Waals surface area contributed by atoms with Gasteiger partial charge < -0.3 is 15.0 Å². The number of rotatable bonds is 6. The van der Waals surface area contributed by atoms with Crippen molar-refractivity contribution >= 4 is 21.9 Å². The summed E-state index contributed by atoms with van der Waals surface area (Å²) in [6, 6.07) is 1.38. The number of amides is 1. The Labute approximate surface area is 159 Å². The number of hydrogen-bond acceptors (Lipinski definition) is 5. The summed E-state index contributed by atoms with van der Waals surface area (Å²) in [5.74, 6) is -0.663. The zero-order valence-corrected chi connectivity index (χ0v) is 16.4. The number of nitrogens with zero attached hydrogens (tertiary/aromatic N) is 1. The second kappa shape index (κ2) is 8.43. The van der Waals surface area contributed by atoms with Crippen molar-refractivity contribution in [2.45, 2.75) is 56.4 Å². The van der Waals surface area contributed by atoms with E-state index in [1.807, 2.05) is 0 Å². The first-order chi connectivity index (χ1) is 12.9. The van der Waals surface area contributed by atoms with Crippen molar-refractivity contribution in [1.82, 2.24) is 14.6 Å². The van der Waals surface area contributed by atoms with Gasteiger partial charge in [0.2, 0.25) is 10.0 Å². The third kappa shape index (κ3) is 4.70. The molecule has 0 aromatic carbocycles. The lowest BCUT2D eigenvalue weighted by atomic mass is 9.86. The van der Waals surface area contributed by atoms with Crippen LogP contribution in [0, 0.1) is 5.92 Å². The lowest BCUT2D eigenvalue weighted by Gasteiger charge is -2.29. The van der Waals surface area contributed by atoms with E-state index in [9.17, 15) is 18.0 Å². The van der Waals surface area contributed by atoms with Crippen molar-refractivity contribution in [3.8, 4) is 0 Å². The molecule has 1 saturated heterocycles. The summed E-state index contributed by atoms with van der Waals surface area (Å²) < 4.78 is 31.4. The van der Waals surface area contributed by atoms with Gasteiger partial charge in [-0.15, -0.1) is 0 Å². The predicted octanol–water partition coefficient (Wildman–Crippen LogP) is 1.65. The van der Waals surface area contributed by atoms with Crippen molar-refractivity contribution in [3.63, 3.8) is 0 Å². The van der Waals surface area contributed by atoms with Crippen LogP contribution in [0.15, 0.2) is 17.2 Å². The Kier molecular flexibility index (Phi) is 6.21. The van der Waals surface area contributed by atoms with Gasteiger partial charge in [-0.05, 0) is 37.7 Å². The van der Waals surface area contributed by atoms with Gasteiger partial charge in [0, 0.05) is 25.3 Å². The Morgan fingerprint density at radius 3 is 2.63 bits per heavy atom. The van der Waals surface area contributed by atoms with E-state index in [1.165, 1.54) is 23.0 Å². The van der Waals surface area contributed by atoms with E-state index >= 15 is 0 Å². The van der Waals surface area contributed by atoms with Crippen LogP contribution in [0.5, 0.6) is 0 Å². The molecule has 1 saturated carbocycles. The summed E-state index contributed by atoms with van der Waals surface area (Å²) in [6.07, 6.45) is 7.26. The van der Waals surface area contributed by atoms with Crippen LogP contribution in [0.2, 0.25) is 0 Å². The topological polar surface area (TPSA) is 109 Å². The van der Waals surface area contributed by atoms with Gasteiger partial charge in [-0.1, -0.05) is 19.8 Å². The number of aromatic amines is 1. The van der Waals surface area contributed by atoms with Gasteiger partial charge in [0.25, 0.3) is 5.91 Å². The number of carbonyl (C=O) groups is 2. The molecule has 2 unspecified atom stereocenters. The van der Waals surface area contributed by atoms with Crippen LogP contribution in [0.25, 0.3) is 0 Å². The van der Waals surface area contributed by atoms with Crippen LogP contribution in [0.1, 0.15) is 55.9 Å². The molecule has 2 aliphatic rings. The molecule has 0 bridgehead atoms. The fourth-order valence-corrected chi connectivity index (χ4v) is 5.22. The first-order valence-electron chi connectivity index (χ1n) is 9.53. The van der Waals surface area contributed by atoms with E-state index in [0.717, 1.165) is 32.1 Å². The molecule has 2 N–H and O–H groups in total. The molecule has 2 atom stereocenters. The zero-order chi connectivity index (χ0) is 19.4. The maximum absolute atomic E-state index is 12.5. The minimum Gasteiger partial charge on any atom is -0.451 e. The molecule has 8 nitrogen and oxygen atoms in total. The van der Waals surface area contributed by atoms with Gasteiger partial charge in [-0.3, -0.25) is 4.79 Å². The molecule has 0 radical (unpaired) electrons. The third-order valence-corrected chi connectivity index (χ3v) is 7.25. The molecule has 2 fully saturated rings. The van der Waals surface area contributed by atoms with Crippen LogP contribution < -0.4 is 5.32 Å². The lowest BCUT2D eigenvalue weighted by molar-refractivity contribution is -0.125. The van der Waals surface area contributed by atoms with E-state index in [0.29, 0.717) is 19.0 Å². The van der Waals surface area contributed by atoms with Crippen LogP contribution in [0.4, 0.5) is 0 Å². The minimum atomic E-state index is -3.59. The van der Waals surface area contributed by atoms with Crippen molar-refractivity contribution in [2.75, 3.05) is 19.7 Å². The van der Waals surface area contributed by atoms with Crippen LogP contribution in [-0.2, 0) is 19.6 Å². The Hall–Kier alpha value is -1.87. The molecule has 1 aliphatic heterocycles. The molecule has 1 amide bonds. The number of hydrogen-bond donors (Lipinski definition) is 2. The van der Waals surface area contributed by atoms with Gasteiger partial charge >= 0.3 is 5.97 Å². The summed E-state index contributed by atoms with van der Waals surface area (Å²) in [6.45, 7) is 2.72. The van der Waals surface area contributed by atoms with Gasteiger partial charge in [-0.25, -0.2) is 13.2 Å². The standard InChI is InChI=1S/C18H27N3O5S/c1-13-6-2-3-7-15(13)20-17(22)12-26-18(23)16-10-14(11-19-16)27(24,25)21-8-4-5-9-21/h10-11,13,15,19H,2-9,12H2,1H3,(H,20,22). The maximum atomic E-state index is 12.5.